The van der Waals surface area contributed by atoms with E-state index in [1.54, 1.807) is 12.5 Å². The van der Waals surface area contributed by atoms with Gasteiger partial charge in [-0.3, -0.25) is 4.79 Å². The molecule has 0 aliphatic carbocycles. The van der Waals surface area contributed by atoms with Crippen LogP contribution in [0.4, 0.5) is 0 Å². The molecule has 1 aromatic heterocycles. The Morgan fingerprint density at radius 3 is 2.86 bits per heavy atom. The quantitative estimate of drug-likeness (QED) is 0.846. The van der Waals surface area contributed by atoms with Gasteiger partial charge in [0.25, 0.3) is 5.91 Å². The Morgan fingerprint density at radius 2 is 2.18 bits per heavy atom. The predicted octanol–water partition coefficient (Wildman–Crippen LogP) is 2.57. The summed E-state index contributed by atoms with van der Waals surface area (Å²) >= 11 is 1.46. The molecule has 120 valence electrons. The maximum Gasteiger partial charge on any atom is 0.271 e. The van der Waals surface area contributed by atoms with Crippen LogP contribution >= 0.6 is 23.7 Å². The summed E-state index contributed by atoms with van der Waals surface area (Å²) in [5.41, 5.74) is 6.86. The van der Waals surface area contributed by atoms with Crippen LogP contribution in [-0.2, 0) is 6.42 Å². The zero-order chi connectivity index (χ0) is 15.2. The van der Waals surface area contributed by atoms with Gasteiger partial charge in [-0.15, -0.1) is 23.7 Å². The van der Waals surface area contributed by atoms with E-state index in [0.29, 0.717) is 18.7 Å². The minimum atomic E-state index is -0.187. The van der Waals surface area contributed by atoms with Crippen molar-refractivity contribution < 1.29 is 9.53 Å². The number of hydrogen-bond donors (Lipinski definition) is 2. The van der Waals surface area contributed by atoms with Gasteiger partial charge in [-0.05, 0) is 19.5 Å². The van der Waals surface area contributed by atoms with E-state index in [9.17, 15) is 4.79 Å². The number of ether oxygens (including phenoxy) is 1. The van der Waals surface area contributed by atoms with Crippen molar-refractivity contribution in [1.82, 2.24) is 10.3 Å². The average Bonchev–Trinajstić information content (AvgIpc) is 2.96. The lowest BCUT2D eigenvalue weighted by Crippen LogP contribution is -2.27. The Morgan fingerprint density at radius 1 is 1.45 bits per heavy atom. The molecule has 22 heavy (non-hydrogen) atoms. The average molecular weight is 342 g/mol. The molecule has 7 heteroatoms. The van der Waals surface area contributed by atoms with Crippen LogP contribution in [0.2, 0.25) is 0 Å². The van der Waals surface area contributed by atoms with Crippen molar-refractivity contribution >= 4 is 29.7 Å². The largest absolute Gasteiger partial charge is 0.496 e. The third-order valence-corrected chi connectivity index (χ3v) is 4.00. The van der Waals surface area contributed by atoms with Crippen molar-refractivity contribution in [3.8, 4) is 5.75 Å². The zero-order valence-electron chi connectivity index (χ0n) is 12.5. The Balaban J connectivity index is 0.00000242. The van der Waals surface area contributed by atoms with Crippen molar-refractivity contribution in [3.63, 3.8) is 0 Å². The fourth-order valence-electron chi connectivity index (χ4n) is 2.03. The van der Waals surface area contributed by atoms with E-state index in [-0.39, 0.29) is 24.4 Å². The van der Waals surface area contributed by atoms with Crippen LogP contribution in [0.5, 0.6) is 5.75 Å². The van der Waals surface area contributed by atoms with Crippen LogP contribution in [0.1, 0.15) is 34.0 Å². The van der Waals surface area contributed by atoms with Crippen LogP contribution in [0.3, 0.4) is 0 Å². The van der Waals surface area contributed by atoms with Crippen molar-refractivity contribution in [3.05, 3.63) is 45.9 Å². The second-order valence-electron chi connectivity index (χ2n) is 4.60. The summed E-state index contributed by atoms with van der Waals surface area (Å²) in [7, 11) is 1.62. The Kier molecular flexibility index (Phi) is 7.31. The first-order valence-corrected chi connectivity index (χ1v) is 7.62. The first kappa shape index (κ1) is 18.4. The summed E-state index contributed by atoms with van der Waals surface area (Å²) in [5, 5.41) is 5.58. The maximum atomic E-state index is 12.2. The smallest absolute Gasteiger partial charge is 0.271 e. The monoisotopic (exact) mass is 341 g/mol. The lowest BCUT2D eigenvalue weighted by atomic mass is 10.1. The number of rotatable bonds is 6. The van der Waals surface area contributed by atoms with E-state index in [0.717, 1.165) is 16.3 Å². The van der Waals surface area contributed by atoms with Gasteiger partial charge in [0.2, 0.25) is 0 Å². The molecule has 1 unspecified atom stereocenters. The molecular weight excluding hydrogens is 322 g/mol. The fourth-order valence-corrected chi connectivity index (χ4v) is 2.82. The molecule has 3 N–H and O–H groups in total. The van der Waals surface area contributed by atoms with Gasteiger partial charge in [0.15, 0.2) is 0 Å². The fraction of sp³-hybridized carbons (Fsp3) is 0.333. The molecule has 0 spiro atoms. The number of benzene rings is 1. The number of amides is 1. The number of para-hydroxylation sites is 1. The van der Waals surface area contributed by atoms with Gasteiger partial charge in [0, 0.05) is 17.4 Å². The number of thiazole rings is 1. The van der Waals surface area contributed by atoms with Gasteiger partial charge >= 0.3 is 0 Å². The van der Waals surface area contributed by atoms with Gasteiger partial charge in [0.1, 0.15) is 11.4 Å². The highest BCUT2D eigenvalue weighted by atomic mass is 35.5. The minimum absolute atomic E-state index is 0. The summed E-state index contributed by atoms with van der Waals surface area (Å²) in [4.78, 5) is 16.5. The van der Waals surface area contributed by atoms with E-state index < -0.39 is 0 Å². The molecule has 0 saturated carbocycles. The molecule has 0 saturated heterocycles. The molecule has 1 aromatic carbocycles. The number of nitrogens with two attached hydrogens (primary N) is 1. The lowest BCUT2D eigenvalue weighted by molar-refractivity contribution is 0.0935. The summed E-state index contributed by atoms with van der Waals surface area (Å²) in [6.45, 7) is 2.45. The van der Waals surface area contributed by atoms with Gasteiger partial charge in [-0.2, -0.15) is 0 Å². The van der Waals surface area contributed by atoms with Crippen molar-refractivity contribution in [2.45, 2.75) is 19.4 Å². The van der Waals surface area contributed by atoms with E-state index in [1.165, 1.54) is 11.3 Å². The summed E-state index contributed by atoms with van der Waals surface area (Å²) in [6, 6.07) is 7.47. The minimum Gasteiger partial charge on any atom is -0.496 e. The van der Waals surface area contributed by atoms with Crippen molar-refractivity contribution in [2.24, 2.45) is 5.73 Å². The Hall–Kier alpha value is -1.63. The van der Waals surface area contributed by atoms with Gasteiger partial charge in [-0.25, -0.2) is 4.98 Å². The van der Waals surface area contributed by atoms with Crippen LogP contribution in [0, 0.1) is 0 Å². The van der Waals surface area contributed by atoms with Gasteiger partial charge in [-0.1, -0.05) is 18.2 Å². The summed E-state index contributed by atoms with van der Waals surface area (Å²) in [6.07, 6.45) is 0.694. The van der Waals surface area contributed by atoms with Gasteiger partial charge < -0.3 is 15.8 Å². The first-order chi connectivity index (χ1) is 10.2. The molecule has 0 aliphatic heterocycles. The first-order valence-electron chi connectivity index (χ1n) is 6.74. The third kappa shape index (κ3) is 4.43. The van der Waals surface area contributed by atoms with E-state index >= 15 is 0 Å². The number of carbonyl (C=O) groups excluding carboxylic acids is 1. The molecule has 1 atom stereocenters. The van der Waals surface area contributed by atoms with Crippen molar-refractivity contribution in [2.75, 3.05) is 13.7 Å². The molecule has 2 aromatic rings. The maximum absolute atomic E-state index is 12.2. The third-order valence-electron chi connectivity index (χ3n) is 3.10. The van der Waals surface area contributed by atoms with Crippen LogP contribution < -0.4 is 15.8 Å². The Bertz CT molecular complexity index is 618. The summed E-state index contributed by atoms with van der Waals surface area (Å²) in [5.74, 6) is 0.570. The van der Waals surface area contributed by atoms with Crippen LogP contribution in [0.15, 0.2) is 29.6 Å². The zero-order valence-corrected chi connectivity index (χ0v) is 14.2. The highest BCUT2D eigenvalue weighted by Crippen LogP contribution is 2.24. The van der Waals surface area contributed by atoms with Crippen LogP contribution in [0.25, 0.3) is 0 Å². The van der Waals surface area contributed by atoms with Crippen LogP contribution in [-0.4, -0.2) is 24.5 Å². The number of nitrogens with one attached hydrogen (secondary N) is 1. The SMILES string of the molecule is COc1ccccc1C(C)NC(=O)c1csc(CCN)n1.Cl. The number of carbonyl (C=O) groups is 1. The molecule has 1 amide bonds. The second-order valence-corrected chi connectivity index (χ2v) is 5.54. The normalized spacial score (nSPS) is 11.4. The van der Waals surface area contributed by atoms with E-state index in [2.05, 4.69) is 10.3 Å². The lowest BCUT2D eigenvalue weighted by Gasteiger charge is -2.16. The molecule has 0 radical (unpaired) electrons. The van der Waals surface area contributed by atoms with E-state index in [1.807, 2.05) is 31.2 Å². The second kappa shape index (κ2) is 8.73. The Labute approximate surface area is 140 Å². The number of halogens is 1. The molecule has 0 fully saturated rings. The van der Waals surface area contributed by atoms with E-state index in [4.69, 9.17) is 10.5 Å². The van der Waals surface area contributed by atoms with Crippen molar-refractivity contribution in [1.29, 1.82) is 0 Å². The number of methoxy groups -OCH3 is 1. The standard InChI is InChI=1S/C15H19N3O2S.ClH/c1-10(11-5-3-4-6-13(11)20-2)17-15(19)12-9-21-14(18-12)7-8-16;/h3-6,9-10H,7-8,16H2,1-2H3,(H,17,19);1H. The molecule has 0 aliphatic rings. The molecule has 5 nitrogen and oxygen atoms in total. The highest BCUT2D eigenvalue weighted by molar-refractivity contribution is 7.09. The summed E-state index contributed by atoms with van der Waals surface area (Å²) < 4.78 is 5.31. The molecule has 0 bridgehead atoms. The highest BCUT2D eigenvalue weighted by Gasteiger charge is 2.16. The molecular formula is C15H20ClN3O2S. The van der Waals surface area contributed by atoms with Gasteiger partial charge in [0.05, 0.1) is 18.2 Å². The molecule has 1 heterocycles. The molecule has 2 rings (SSSR count). The number of hydrogen-bond acceptors (Lipinski definition) is 5. The topological polar surface area (TPSA) is 77.2 Å². The number of nitrogens with zero attached hydrogens (tertiary/aromatic N) is 1. The predicted molar refractivity (Wildman–Crippen MR) is 91.0 cm³/mol. The number of aromatic nitrogens is 1.